The molecule has 2 bridgehead atoms. The van der Waals surface area contributed by atoms with Crippen LogP contribution < -0.4 is 4.74 Å². The molecule has 11 heteroatoms. The van der Waals surface area contributed by atoms with E-state index in [-0.39, 0.29) is 54.9 Å². The predicted octanol–water partition coefficient (Wildman–Crippen LogP) is 3.58. The van der Waals surface area contributed by atoms with Crippen molar-refractivity contribution < 1.29 is 39.5 Å². The van der Waals surface area contributed by atoms with Crippen LogP contribution in [0.15, 0.2) is 36.4 Å². The lowest BCUT2D eigenvalue weighted by Gasteiger charge is -2.39. The van der Waals surface area contributed by atoms with E-state index in [1.54, 1.807) is 6.07 Å². The molecule has 0 spiro atoms. The summed E-state index contributed by atoms with van der Waals surface area (Å²) < 4.78 is 86.4. The molecule has 182 valence electrons. The van der Waals surface area contributed by atoms with E-state index < -0.39 is 45.4 Å². The minimum Gasteiger partial charge on any atom is -0.492 e. The molecule has 2 aromatic rings. The van der Waals surface area contributed by atoms with Crippen LogP contribution in [0.5, 0.6) is 5.75 Å². The molecule has 1 amide bonds. The number of ether oxygens (including phenoxy) is 1. The minimum absolute atomic E-state index is 0.0736. The lowest BCUT2D eigenvalue weighted by Crippen LogP contribution is -2.57. The third-order valence-corrected chi connectivity index (χ3v) is 7.67. The first kappa shape index (κ1) is 24.2. The van der Waals surface area contributed by atoms with E-state index in [0.29, 0.717) is 10.4 Å². The smallest absolute Gasteiger partial charge is 0.426 e. The number of carbonyl (C=O) groups excluding carboxylic acids is 1. The molecule has 0 N–H and O–H groups in total. The lowest BCUT2D eigenvalue weighted by molar-refractivity contribution is -0.426. The standard InChI is InChI=1S/C23H23F4N2O4S/c1-28(34(31,32)23(26)27)18-6-3-10-29-19(18)12-14-4-2-5-16(22(14)25)17-13-15(24)7-8-20(17)33-11-9-21(29)30/h2,4-5,7-8,13,18-19,23H,1,3,6,9-12H2/q+1/t18-,19-/m0/s1. The topological polar surface area (TPSA) is 66.7 Å². The van der Waals surface area contributed by atoms with Gasteiger partial charge in [0.2, 0.25) is 5.91 Å². The summed E-state index contributed by atoms with van der Waals surface area (Å²) in [6, 6.07) is 6.14. The first-order chi connectivity index (χ1) is 16.1. The normalized spacial score (nSPS) is 21.1. The molecule has 0 radical (unpaired) electrons. The molecule has 2 aliphatic rings. The van der Waals surface area contributed by atoms with Crippen molar-refractivity contribution in [2.24, 2.45) is 0 Å². The molecular weight excluding hydrogens is 476 g/mol. The summed E-state index contributed by atoms with van der Waals surface area (Å²) in [5, 5.41) is 0. The van der Waals surface area contributed by atoms with Gasteiger partial charge in [-0.05, 0) is 30.2 Å². The van der Waals surface area contributed by atoms with Crippen LogP contribution in [0.1, 0.15) is 24.8 Å². The molecule has 0 unspecified atom stereocenters. The zero-order valence-electron chi connectivity index (χ0n) is 18.1. The summed E-state index contributed by atoms with van der Waals surface area (Å²) in [7, 11) is -5.03. The Morgan fingerprint density at radius 1 is 1.15 bits per heavy atom. The fourth-order valence-corrected chi connectivity index (χ4v) is 5.45. The lowest BCUT2D eigenvalue weighted by atomic mass is 9.89. The maximum Gasteiger partial charge on any atom is 0.426 e. The van der Waals surface area contributed by atoms with Crippen molar-refractivity contribution in [3.8, 4) is 16.9 Å². The van der Waals surface area contributed by atoms with E-state index in [2.05, 4.69) is 6.72 Å². The Hall–Kier alpha value is -2.95. The Bertz CT molecular complexity index is 1240. The number of rotatable bonds is 3. The van der Waals surface area contributed by atoms with Gasteiger partial charge in [0.15, 0.2) is 6.04 Å². The van der Waals surface area contributed by atoms with Gasteiger partial charge in [0.1, 0.15) is 24.1 Å². The van der Waals surface area contributed by atoms with Gasteiger partial charge in [0.25, 0.3) is 0 Å². The SMILES string of the molecule is C=[N+]([C@H]1CCCN2C(=O)CCOc3ccc(F)cc3-c3cccc(c3F)C[C@@H]12)S(=O)(=O)C(F)F. The van der Waals surface area contributed by atoms with Crippen LogP contribution in [0, 0.1) is 11.6 Å². The molecule has 1 saturated heterocycles. The Kier molecular flexibility index (Phi) is 6.66. The first-order valence-corrected chi connectivity index (χ1v) is 12.2. The van der Waals surface area contributed by atoms with Gasteiger partial charge in [-0.2, -0.15) is 17.2 Å². The van der Waals surface area contributed by atoms with Crippen molar-refractivity contribution >= 4 is 22.6 Å². The van der Waals surface area contributed by atoms with E-state index >= 15 is 4.39 Å². The van der Waals surface area contributed by atoms with Gasteiger partial charge in [0.05, 0.1) is 19.1 Å². The van der Waals surface area contributed by atoms with Gasteiger partial charge in [-0.25, -0.2) is 8.78 Å². The van der Waals surface area contributed by atoms with Gasteiger partial charge in [-0.1, -0.05) is 18.2 Å². The maximum atomic E-state index is 15.6. The van der Waals surface area contributed by atoms with Crippen LogP contribution in [-0.4, -0.2) is 60.9 Å². The summed E-state index contributed by atoms with van der Waals surface area (Å²) in [6.07, 6.45) is 0.320. The van der Waals surface area contributed by atoms with Crippen molar-refractivity contribution in [2.45, 2.75) is 43.5 Å². The van der Waals surface area contributed by atoms with E-state index in [4.69, 9.17) is 4.74 Å². The minimum atomic E-state index is -5.03. The van der Waals surface area contributed by atoms with Crippen LogP contribution in [-0.2, 0) is 21.2 Å². The molecule has 0 aliphatic carbocycles. The molecule has 0 aromatic heterocycles. The van der Waals surface area contributed by atoms with Gasteiger partial charge < -0.3 is 9.64 Å². The highest BCUT2D eigenvalue weighted by molar-refractivity contribution is 7.85. The molecule has 2 atom stereocenters. The molecule has 2 heterocycles. The van der Waals surface area contributed by atoms with Crippen LogP contribution >= 0.6 is 0 Å². The van der Waals surface area contributed by atoms with Crippen molar-refractivity contribution in [3.05, 3.63) is 53.6 Å². The number of amides is 1. The van der Waals surface area contributed by atoms with E-state index in [1.807, 2.05) is 0 Å². The van der Waals surface area contributed by atoms with Crippen LogP contribution in [0.3, 0.4) is 0 Å². The number of nitrogens with zero attached hydrogens (tertiary/aromatic N) is 2. The fourth-order valence-electron chi connectivity index (χ4n) is 4.62. The zero-order chi connectivity index (χ0) is 24.6. The summed E-state index contributed by atoms with van der Waals surface area (Å²) in [4.78, 5) is 14.4. The molecular formula is C23H23F4N2O4S+. The Labute approximate surface area is 194 Å². The number of fused-ring (bicyclic) bond motifs is 5. The number of hydrogen-bond acceptors (Lipinski definition) is 4. The van der Waals surface area contributed by atoms with Crippen LogP contribution in [0.2, 0.25) is 0 Å². The summed E-state index contributed by atoms with van der Waals surface area (Å²) in [5.41, 5.74) is 0.374. The highest BCUT2D eigenvalue weighted by atomic mass is 32.2. The Morgan fingerprint density at radius 2 is 1.91 bits per heavy atom. The second-order valence-electron chi connectivity index (χ2n) is 8.28. The Morgan fingerprint density at radius 3 is 2.65 bits per heavy atom. The quantitative estimate of drug-likeness (QED) is 0.368. The number of carbonyl (C=O) groups is 1. The number of halogens is 4. The van der Waals surface area contributed by atoms with Crippen LogP contribution in [0.25, 0.3) is 11.1 Å². The average molecular weight is 500 g/mol. The van der Waals surface area contributed by atoms with E-state index in [0.717, 1.165) is 6.07 Å². The first-order valence-electron chi connectivity index (χ1n) is 10.7. The molecule has 2 aliphatic heterocycles. The summed E-state index contributed by atoms with van der Waals surface area (Å²) in [6.45, 7) is 3.53. The van der Waals surface area contributed by atoms with Crippen molar-refractivity contribution in [2.75, 3.05) is 13.2 Å². The maximum absolute atomic E-state index is 15.6. The van der Waals surface area contributed by atoms with E-state index in [1.165, 1.54) is 29.2 Å². The molecule has 4 rings (SSSR count). The second-order valence-corrected chi connectivity index (χ2v) is 10.1. The second kappa shape index (κ2) is 9.36. The van der Waals surface area contributed by atoms with Crippen LogP contribution in [0.4, 0.5) is 17.6 Å². The summed E-state index contributed by atoms with van der Waals surface area (Å²) >= 11 is 0. The van der Waals surface area contributed by atoms with E-state index in [9.17, 15) is 26.4 Å². The average Bonchev–Trinajstić information content (AvgIpc) is 2.80. The predicted molar refractivity (Wildman–Crippen MR) is 116 cm³/mol. The number of benzene rings is 2. The third kappa shape index (κ3) is 4.40. The van der Waals surface area contributed by atoms with Crippen molar-refractivity contribution in [3.63, 3.8) is 0 Å². The zero-order valence-corrected chi connectivity index (χ0v) is 18.9. The fraction of sp³-hybridized carbons (Fsp3) is 0.391. The number of alkyl halides is 2. The van der Waals surface area contributed by atoms with Gasteiger partial charge >= 0.3 is 15.8 Å². The highest BCUT2D eigenvalue weighted by Gasteiger charge is 2.47. The molecule has 0 saturated carbocycles. The molecule has 6 nitrogen and oxygen atoms in total. The highest BCUT2D eigenvalue weighted by Crippen LogP contribution is 2.36. The van der Waals surface area contributed by atoms with Gasteiger partial charge in [-0.15, -0.1) is 3.98 Å². The largest absolute Gasteiger partial charge is 0.492 e. The van der Waals surface area contributed by atoms with Crippen molar-refractivity contribution in [1.29, 1.82) is 0 Å². The monoisotopic (exact) mass is 499 g/mol. The third-order valence-electron chi connectivity index (χ3n) is 6.30. The number of hydrogen-bond donors (Lipinski definition) is 0. The Balaban J connectivity index is 1.83. The van der Waals surface area contributed by atoms with Gasteiger partial charge in [-0.3, -0.25) is 4.79 Å². The molecule has 34 heavy (non-hydrogen) atoms. The molecule has 1 fully saturated rings. The van der Waals surface area contributed by atoms with Crippen molar-refractivity contribution in [1.82, 2.24) is 4.90 Å². The van der Waals surface area contributed by atoms with Gasteiger partial charge in [0, 0.05) is 30.5 Å². The number of sulfonamides is 1. The summed E-state index contributed by atoms with van der Waals surface area (Å²) in [5.74, 6) is -5.15. The number of piperidine rings is 1. The molecule has 2 aromatic carbocycles.